The first-order valence-electron chi connectivity index (χ1n) is 4.72. The van der Waals surface area contributed by atoms with Gasteiger partial charge in [0.25, 0.3) is 0 Å². The fraction of sp³-hybridized carbons (Fsp3) is 0. The van der Waals surface area contributed by atoms with Gasteiger partial charge >= 0.3 is 0 Å². The number of nitrogen functional groups attached to an aromatic ring is 1. The molecule has 0 saturated carbocycles. The van der Waals surface area contributed by atoms with Crippen molar-refractivity contribution in [2.45, 2.75) is 9.92 Å². The molecule has 0 spiro atoms. The maximum atomic E-state index is 12.1. The van der Waals surface area contributed by atoms with Crippen LogP contribution in [0.4, 0.5) is 5.69 Å². The second-order valence-corrected chi connectivity index (χ2v) is 5.72. The van der Waals surface area contributed by atoms with Crippen molar-refractivity contribution in [3.63, 3.8) is 0 Å². The highest BCUT2D eigenvalue weighted by atomic mass is 35.5. The smallest absolute Gasteiger partial charge is 0.223 e. The Morgan fingerprint density at radius 1 is 1.06 bits per heavy atom. The van der Waals surface area contributed by atoms with E-state index in [0.29, 0.717) is 10.7 Å². The Bertz CT molecular complexity index is 570. The van der Waals surface area contributed by atoms with Crippen LogP contribution in [0.3, 0.4) is 0 Å². The molecule has 6 heteroatoms. The summed E-state index contributed by atoms with van der Waals surface area (Å²) in [5, 5.41) is 0.447. The second kappa shape index (κ2) is 4.35. The van der Waals surface area contributed by atoms with Crippen LogP contribution in [0.25, 0.3) is 0 Å². The number of nitrogens with zero attached hydrogens (tertiary/aromatic N) is 1. The van der Waals surface area contributed by atoms with Crippen molar-refractivity contribution >= 4 is 27.1 Å². The van der Waals surface area contributed by atoms with Crippen molar-refractivity contribution < 1.29 is 8.42 Å². The highest BCUT2D eigenvalue weighted by molar-refractivity contribution is 7.91. The van der Waals surface area contributed by atoms with Gasteiger partial charge in [-0.25, -0.2) is 13.4 Å². The van der Waals surface area contributed by atoms with Gasteiger partial charge in [-0.05, 0) is 36.4 Å². The molecular weight excluding hydrogens is 260 g/mol. The molecule has 0 aliphatic heterocycles. The maximum Gasteiger partial charge on any atom is 0.223 e. The minimum Gasteiger partial charge on any atom is -0.397 e. The lowest BCUT2D eigenvalue weighted by Crippen LogP contribution is -2.04. The molecule has 88 valence electrons. The molecule has 1 heterocycles. The average molecular weight is 269 g/mol. The van der Waals surface area contributed by atoms with Gasteiger partial charge in [0.2, 0.25) is 9.84 Å². The normalized spacial score (nSPS) is 11.4. The Labute approximate surface area is 104 Å². The summed E-state index contributed by atoms with van der Waals surface area (Å²) < 4.78 is 24.2. The van der Waals surface area contributed by atoms with Crippen LogP contribution in [-0.2, 0) is 9.84 Å². The van der Waals surface area contributed by atoms with E-state index >= 15 is 0 Å². The van der Waals surface area contributed by atoms with E-state index in [0.717, 1.165) is 0 Å². The van der Waals surface area contributed by atoms with Gasteiger partial charge in [0.15, 0.2) is 5.03 Å². The quantitative estimate of drug-likeness (QED) is 0.906. The van der Waals surface area contributed by atoms with Gasteiger partial charge in [0.1, 0.15) is 0 Å². The van der Waals surface area contributed by atoms with Crippen molar-refractivity contribution in [1.82, 2.24) is 4.98 Å². The minimum absolute atomic E-state index is 0.0333. The molecular formula is C11H9ClN2O2S. The van der Waals surface area contributed by atoms with Crippen molar-refractivity contribution in [1.29, 1.82) is 0 Å². The zero-order valence-electron chi connectivity index (χ0n) is 8.67. The first kappa shape index (κ1) is 11.9. The van der Waals surface area contributed by atoms with Crippen LogP contribution in [0.15, 0.2) is 52.5 Å². The number of halogens is 1. The van der Waals surface area contributed by atoms with Crippen molar-refractivity contribution in [3.8, 4) is 0 Å². The Hall–Kier alpha value is -1.59. The SMILES string of the molecule is Nc1ccc(S(=O)(=O)c2ccc(Cl)cc2)nc1. The molecule has 2 aromatic rings. The van der Waals surface area contributed by atoms with Crippen LogP contribution >= 0.6 is 11.6 Å². The van der Waals surface area contributed by atoms with Crippen molar-refractivity contribution in [2.24, 2.45) is 0 Å². The van der Waals surface area contributed by atoms with Gasteiger partial charge in [0.05, 0.1) is 16.8 Å². The van der Waals surface area contributed by atoms with Crippen LogP contribution in [0.2, 0.25) is 5.02 Å². The largest absolute Gasteiger partial charge is 0.397 e. The van der Waals surface area contributed by atoms with Gasteiger partial charge in [0, 0.05) is 5.02 Å². The van der Waals surface area contributed by atoms with E-state index in [1.807, 2.05) is 0 Å². The van der Waals surface area contributed by atoms with Gasteiger partial charge in [-0.15, -0.1) is 0 Å². The molecule has 0 aliphatic carbocycles. The number of sulfone groups is 1. The van der Waals surface area contributed by atoms with Crippen LogP contribution in [0.5, 0.6) is 0 Å². The molecule has 0 unspecified atom stereocenters. The standard InChI is InChI=1S/C11H9ClN2O2S/c12-8-1-4-10(5-2-8)17(15,16)11-6-3-9(13)7-14-11/h1-7H,13H2. The van der Waals surface area contributed by atoms with Gasteiger partial charge in [-0.2, -0.15) is 0 Å². The molecule has 1 aromatic heterocycles. The van der Waals surface area contributed by atoms with E-state index in [1.165, 1.54) is 42.6 Å². The highest BCUT2D eigenvalue weighted by Crippen LogP contribution is 2.21. The molecule has 2 N–H and O–H groups in total. The van der Waals surface area contributed by atoms with Crippen molar-refractivity contribution in [3.05, 3.63) is 47.6 Å². The molecule has 0 bridgehead atoms. The molecule has 0 aliphatic rings. The van der Waals surface area contributed by atoms with E-state index in [-0.39, 0.29) is 9.92 Å². The van der Waals surface area contributed by atoms with Crippen LogP contribution in [0.1, 0.15) is 0 Å². The summed E-state index contributed by atoms with van der Waals surface area (Å²) in [6.07, 6.45) is 1.31. The first-order valence-corrected chi connectivity index (χ1v) is 6.58. The third-order valence-corrected chi connectivity index (χ3v) is 4.10. The number of hydrogen-bond donors (Lipinski definition) is 1. The number of rotatable bonds is 2. The van der Waals surface area contributed by atoms with E-state index < -0.39 is 9.84 Å². The molecule has 0 radical (unpaired) electrons. The minimum atomic E-state index is -3.60. The zero-order valence-corrected chi connectivity index (χ0v) is 10.2. The van der Waals surface area contributed by atoms with Crippen LogP contribution < -0.4 is 5.73 Å². The van der Waals surface area contributed by atoms with Gasteiger partial charge in [-0.3, -0.25) is 0 Å². The Kier molecular flexibility index (Phi) is 3.04. The summed E-state index contributed by atoms with van der Waals surface area (Å²) in [7, 11) is -3.60. The number of nitrogens with two attached hydrogens (primary N) is 1. The summed E-state index contributed by atoms with van der Waals surface area (Å²) >= 11 is 5.70. The Morgan fingerprint density at radius 3 is 2.24 bits per heavy atom. The zero-order chi connectivity index (χ0) is 12.5. The third-order valence-electron chi connectivity index (χ3n) is 2.16. The van der Waals surface area contributed by atoms with E-state index in [4.69, 9.17) is 17.3 Å². The number of hydrogen-bond acceptors (Lipinski definition) is 4. The predicted molar refractivity (Wildman–Crippen MR) is 65.6 cm³/mol. The van der Waals surface area contributed by atoms with Crippen molar-refractivity contribution in [2.75, 3.05) is 5.73 Å². The fourth-order valence-electron chi connectivity index (χ4n) is 1.29. The van der Waals surface area contributed by atoms with E-state index in [1.54, 1.807) is 0 Å². The van der Waals surface area contributed by atoms with Gasteiger partial charge in [-0.1, -0.05) is 11.6 Å². The molecule has 0 fully saturated rings. The molecule has 4 nitrogen and oxygen atoms in total. The lowest BCUT2D eigenvalue weighted by molar-refractivity contribution is 0.592. The highest BCUT2D eigenvalue weighted by Gasteiger charge is 2.18. The third kappa shape index (κ3) is 2.40. The molecule has 2 rings (SSSR count). The predicted octanol–water partition coefficient (Wildman–Crippen LogP) is 2.15. The summed E-state index contributed by atoms with van der Waals surface area (Å²) in [5.41, 5.74) is 5.87. The molecule has 0 saturated heterocycles. The number of anilines is 1. The van der Waals surface area contributed by atoms with E-state index in [9.17, 15) is 8.42 Å². The lowest BCUT2D eigenvalue weighted by atomic mass is 10.4. The van der Waals surface area contributed by atoms with Gasteiger partial charge < -0.3 is 5.73 Å². The fourth-order valence-corrected chi connectivity index (χ4v) is 2.59. The second-order valence-electron chi connectivity index (χ2n) is 3.39. The molecule has 1 aromatic carbocycles. The molecule has 0 atom stereocenters. The lowest BCUT2D eigenvalue weighted by Gasteiger charge is -2.03. The summed E-state index contributed by atoms with van der Waals surface area (Å²) in [5.74, 6) is 0. The van der Waals surface area contributed by atoms with E-state index in [2.05, 4.69) is 4.98 Å². The van der Waals surface area contributed by atoms with Crippen LogP contribution in [-0.4, -0.2) is 13.4 Å². The number of pyridine rings is 1. The average Bonchev–Trinajstić information content (AvgIpc) is 2.30. The monoisotopic (exact) mass is 268 g/mol. The Balaban J connectivity index is 2.50. The number of aromatic nitrogens is 1. The maximum absolute atomic E-state index is 12.1. The first-order chi connectivity index (χ1) is 8.00. The summed E-state index contributed by atoms with van der Waals surface area (Å²) in [6, 6.07) is 8.79. The summed E-state index contributed by atoms with van der Waals surface area (Å²) in [4.78, 5) is 3.95. The topological polar surface area (TPSA) is 73.1 Å². The Morgan fingerprint density at radius 2 is 1.71 bits per heavy atom. The number of benzene rings is 1. The van der Waals surface area contributed by atoms with Crippen LogP contribution in [0, 0.1) is 0 Å². The summed E-state index contributed by atoms with van der Waals surface area (Å²) in [6.45, 7) is 0. The molecule has 17 heavy (non-hydrogen) atoms. The molecule has 0 amide bonds.